The van der Waals surface area contributed by atoms with Crippen LogP contribution in [0, 0.1) is 164 Å². The van der Waals surface area contributed by atoms with E-state index in [9.17, 15) is 39.6 Å². The minimum Gasteiger partial charge on any atom is -0.390 e. The maximum absolute atomic E-state index is 15.3. The normalized spacial score (nSPS) is 48.5. The average Bonchev–Trinajstić information content (AvgIpc) is 1.53. The van der Waals surface area contributed by atoms with E-state index in [4.69, 9.17) is 4.74 Å². The Bertz CT molecular complexity index is 3930. The van der Waals surface area contributed by atoms with Crippen molar-refractivity contribution in [3.05, 3.63) is 55.6 Å². The number of hydrogen-bond donors (Lipinski definition) is 4. The van der Waals surface area contributed by atoms with E-state index in [1.807, 2.05) is 47.1 Å². The Morgan fingerprint density at radius 3 is 1.11 bits per heavy atom. The summed E-state index contributed by atoms with van der Waals surface area (Å²) >= 11 is 0. The first-order chi connectivity index (χ1) is 55.3. The molecule has 35 atom stereocenters. The second-order valence-electron chi connectivity index (χ2n) is 44.2. The molecule has 0 aromatic carbocycles. The SMILES string of the molecule is CO[C@@H]1C[C@@H]2[C@H](CC[C@]3(C)[C@@H](C(=O)Cn4nccn4)CC[C@@H]23)[C@H]2CC[C@@](C)(O)C[C@H]21.C[C@@]1(O)CC[C@@H]2[C@H]3CC[C@]4(C)[C@@H](C(=O)Cn5ccnn5)CC[C@H]4[C@@H]3C[C@@H](F)[C@@H]2C1.C[C@@]1(O)CC[C@@H]2[C@H]3CC[C@]4(C)[C@@H](C(=O)Cn5nccn5)CC[C@H]4[C@@H]3C[C@@H](F)[C@@H]2C1.C[C@@]1(O)CC[C@H]2[C@@H](CC[C@@H]3[C@@H]2CC[C@]2(C)[C@@H](C(=O)Cn4cccn4)CC[C@@H]32)C1. The summed E-state index contributed by atoms with van der Waals surface area (Å²) in [5.74, 6) is 12.4. The first-order valence-corrected chi connectivity index (χ1v) is 46.6. The van der Waals surface area contributed by atoms with Gasteiger partial charge in [-0.15, -0.1) is 5.10 Å². The lowest BCUT2D eigenvalue weighted by Crippen LogP contribution is -2.55. The summed E-state index contributed by atoms with van der Waals surface area (Å²) in [5.41, 5.74) is -2.12. The largest absolute Gasteiger partial charge is 0.390 e. The topological polar surface area (TPSA) is 268 Å². The Morgan fingerprint density at radius 1 is 0.353 bits per heavy atom. The molecule has 4 heterocycles. The number of halogens is 2. The second-order valence-corrected chi connectivity index (χ2v) is 44.2. The van der Waals surface area contributed by atoms with Gasteiger partial charge in [0.2, 0.25) is 0 Å². The van der Waals surface area contributed by atoms with Crippen LogP contribution < -0.4 is 0 Å². The zero-order valence-electron chi connectivity index (χ0n) is 71.5. The summed E-state index contributed by atoms with van der Waals surface area (Å²) in [4.78, 5) is 55.6. The zero-order valence-corrected chi connectivity index (χ0v) is 71.5. The van der Waals surface area contributed by atoms with Gasteiger partial charge < -0.3 is 25.2 Å². The minimum absolute atomic E-state index is 0.00838. The van der Waals surface area contributed by atoms with Gasteiger partial charge in [-0.3, -0.25) is 23.9 Å². The molecule has 0 amide bonds. The number of carbonyl (C=O) groups excluding carboxylic acids is 4. The van der Waals surface area contributed by atoms with Crippen LogP contribution in [0.1, 0.15) is 267 Å². The molecule has 22 heteroatoms. The highest BCUT2D eigenvalue weighted by molar-refractivity contribution is 5.83. The van der Waals surface area contributed by atoms with Crippen molar-refractivity contribution < 1.29 is 53.1 Å². The summed E-state index contributed by atoms with van der Waals surface area (Å²) in [5, 5.41) is 70.8. The van der Waals surface area contributed by atoms with Crippen molar-refractivity contribution in [1.29, 1.82) is 0 Å². The van der Waals surface area contributed by atoms with Crippen molar-refractivity contribution in [2.24, 2.45) is 164 Å². The molecule has 0 unspecified atom stereocenters. The van der Waals surface area contributed by atoms with E-state index in [2.05, 4.69) is 63.5 Å². The quantitative estimate of drug-likeness (QED) is 0.0969. The van der Waals surface area contributed by atoms with E-state index in [-0.39, 0.29) is 81.4 Å². The van der Waals surface area contributed by atoms with Gasteiger partial charge >= 0.3 is 0 Å². The van der Waals surface area contributed by atoms with Gasteiger partial charge in [-0.25, -0.2) is 13.5 Å². The smallest absolute Gasteiger partial charge is 0.159 e. The van der Waals surface area contributed by atoms with Gasteiger partial charge in [0.05, 0.1) is 66.0 Å². The third-order valence-electron chi connectivity index (χ3n) is 38.0. The molecule has 0 saturated heterocycles. The molecular weight excluding hydrogens is 1470 g/mol. The molecule has 4 N–H and O–H groups in total. The molecule has 116 heavy (non-hydrogen) atoms. The van der Waals surface area contributed by atoms with Crippen molar-refractivity contribution in [2.75, 3.05) is 7.11 Å². The van der Waals surface area contributed by atoms with E-state index in [1.54, 1.807) is 52.7 Å². The van der Waals surface area contributed by atoms with Gasteiger partial charge in [-0.2, -0.15) is 35.1 Å². The Hall–Kier alpha value is -5.03. The third kappa shape index (κ3) is 15.5. The number of methoxy groups -OCH3 is 1. The second kappa shape index (κ2) is 32.0. The molecule has 16 aliphatic rings. The van der Waals surface area contributed by atoms with Crippen LogP contribution in [0.3, 0.4) is 0 Å². The lowest BCUT2D eigenvalue weighted by molar-refractivity contribution is -0.155. The summed E-state index contributed by atoms with van der Waals surface area (Å²) in [6.07, 6.45) is 45.6. The fourth-order valence-corrected chi connectivity index (χ4v) is 32.9. The van der Waals surface area contributed by atoms with Crippen LogP contribution >= 0.6 is 0 Å². The summed E-state index contributed by atoms with van der Waals surface area (Å²) in [6.45, 7) is 18.5. The number of ether oxygens (including phenoxy) is 1. The predicted molar refractivity (Wildman–Crippen MR) is 434 cm³/mol. The summed E-state index contributed by atoms with van der Waals surface area (Å²) in [6, 6.07) is 1.90. The Labute approximate surface area is 688 Å². The first-order valence-electron chi connectivity index (χ1n) is 46.6. The molecule has 16 aliphatic carbocycles. The number of carbonyl (C=O) groups is 4. The molecule has 16 saturated carbocycles. The third-order valence-corrected chi connectivity index (χ3v) is 38.0. The number of fused-ring (bicyclic) bond motifs is 20. The number of rotatable bonds is 13. The lowest BCUT2D eigenvalue weighted by atomic mass is 9.48. The van der Waals surface area contributed by atoms with Gasteiger partial charge in [0.15, 0.2) is 23.1 Å². The van der Waals surface area contributed by atoms with Gasteiger partial charge in [-0.1, -0.05) is 32.9 Å². The molecule has 4 aromatic heterocycles. The zero-order chi connectivity index (χ0) is 81.4. The van der Waals surface area contributed by atoms with Gasteiger partial charge in [0.25, 0.3) is 0 Å². The van der Waals surface area contributed by atoms with Gasteiger partial charge in [-0.05, 0) is 386 Å². The van der Waals surface area contributed by atoms with Crippen molar-refractivity contribution in [1.82, 2.24) is 54.8 Å². The Morgan fingerprint density at radius 2 is 0.707 bits per heavy atom. The maximum Gasteiger partial charge on any atom is 0.159 e. The van der Waals surface area contributed by atoms with E-state index >= 15 is 8.78 Å². The number of nitrogens with zero attached hydrogens (tertiary/aromatic N) is 11. The molecule has 640 valence electrons. The number of aliphatic hydroxyl groups is 4. The molecule has 0 spiro atoms. The van der Waals surface area contributed by atoms with Crippen LogP contribution in [0.25, 0.3) is 0 Å². The maximum atomic E-state index is 15.3. The lowest BCUT2D eigenvalue weighted by Gasteiger charge is -2.58. The fourth-order valence-electron chi connectivity index (χ4n) is 32.9. The molecule has 0 radical (unpaired) electrons. The molecule has 20 nitrogen and oxygen atoms in total. The monoisotopic (exact) mass is 1610 g/mol. The highest BCUT2D eigenvalue weighted by atomic mass is 19.1. The van der Waals surface area contributed by atoms with Crippen LogP contribution in [-0.4, -0.2) is 146 Å². The summed E-state index contributed by atoms with van der Waals surface area (Å²) < 4.78 is 40.1. The van der Waals surface area contributed by atoms with Gasteiger partial charge in [0.1, 0.15) is 32.0 Å². The Kier molecular flexibility index (Phi) is 23.0. The number of aromatic nitrogens is 11. The van der Waals surface area contributed by atoms with E-state index in [0.29, 0.717) is 128 Å². The Balaban J connectivity index is 0.000000111. The number of hydrogen-bond acceptors (Lipinski definition) is 16. The fraction of sp³-hybridized carbons (Fsp3) is 0.862. The highest BCUT2D eigenvalue weighted by Gasteiger charge is 2.66. The molecule has 20 rings (SSSR count). The van der Waals surface area contributed by atoms with E-state index in [1.165, 1.54) is 54.5 Å². The number of ketones is 4. The molecule has 4 aromatic rings. The molecule has 0 aliphatic heterocycles. The molecule has 0 bridgehead atoms. The van der Waals surface area contributed by atoms with Crippen molar-refractivity contribution in [3.63, 3.8) is 0 Å². The predicted octanol–water partition coefficient (Wildman–Crippen LogP) is 15.6. The minimum atomic E-state index is -0.807. The molecule has 16 fully saturated rings. The molecular formula is C94H141F2N11O9. The van der Waals surface area contributed by atoms with E-state index < -0.39 is 34.7 Å². The van der Waals surface area contributed by atoms with Crippen LogP contribution in [0.2, 0.25) is 0 Å². The number of alkyl halides is 2. The van der Waals surface area contributed by atoms with Crippen molar-refractivity contribution in [2.45, 2.75) is 334 Å². The van der Waals surface area contributed by atoms with Crippen molar-refractivity contribution >= 4 is 23.1 Å². The van der Waals surface area contributed by atoms with Crippen LogP contribution in [0.15, 0.2) is 55.6 Å². The van der Waals surface area contributed by atoms with Crippen LogP contribution in [0.5, 0.6) is 0 Å². The van der Waals surface area contributed by atoms with Crippen molar-refractivity contribution in [3.8, 4) is 0 Å². The summed E-state index contributed by atoms with van der Waals surface area (Å²) in [7, 11) is 1.85. The number of Topliss-reactive ketones (excluding diaryl/α,β-unsaturated/α-hetero) is 4. The highest BCUT2D eigenvalue weighted by Crippen LogP contribution is 2.70. The van der Waals surface area contributed by atoms with E-state index in [0.717, 1.165) is 177 Å². The average molecular weight is 1610 g/mol. The van der Waals surface area contributed by atoms with Crippen LogP contribution in [-0.2, 0) is 50.1 Å². The van der Waals surface area contributed by atoms with Gasteiger partial charge in [0, 0.05) is 49.4 Å². The standard InChI is InChI=1S/C24H37N3O3.C24H36N2O2.2C23H34FN3O2/c1-23(29)8-6-16-15-7-9-24(2)19(17(15)12-22(30-3)18(16)13-23)4-5-20(24)21(28)14-27-25-10-11-26-27;1-23(28)10-8-17-16(14-23)4-5-19-18(17)9-11-24(2)20(19)6-7-21(24)22(27)15-26-13-3-12-25-26;1-22(29)7-5-15-14-6-8-23(2)18(16(14)11-20(24)17(15)12-22)3-4-19(23)21(28)13-27-10-9-25-26-27;1-22(29)7-5-15-14-6-8-23(2)18(16(14)11-20(24)17(15)12-22)3-4-19(23)21(28)13-27-25-9-10-26-27/h10-11,15-20,22,29H,4-9,12-14H2,1-3H3;3,12-13,16-21,28H,4-11,14-15H2,1-2H3;2*9-10,14-20,29H,3-8,11-13H2,1-2H3/t15-,16-,17-,18-,19+,20-,22-,23-,24+;16-,17-,18+,19+,20-,21+,23+,24-;2*14-,15-,16-,17-,18+,19-,20-,22-,23+/m1011/s1. The first kappa shape index (κ1) is 83.2. The van der Waals surface area contributed by atoms with Crippen LogP contribution in [0.4, 0.5) is 8.78 Å².